The Hall–Kier alpha value is -2.15. The van der Waals surface area contributed by atoms with Crippen molar-refractivity contribution in [1.29, 1.82) is 0 Å². The number of carbonyl (C=O) groups excluding carboxylic acids is 1. The maximum absolute atomic E-state index is 11.3. The molecule has 2 aromatic carbocycles. The van der Waals surface area contributed by atoms with Gasteiger partial charge in [0.2, 0.25) is 0 Å². The van der Waals surface area contributed by atoms with Crippen LogP contribution in [0.25, 0.3) is 5.57 Å². The summed E-state index contributed by atoms with van der Waals surface area (Å²) in [5.41, 5.74) is 3.73. The first-order valence-corrected chi connectivity index (χ1v) is 5.54. The Bertz CT molecular complexity index is 553. The number of ketones is 1. The molecule has 2 rings (SSSR count). The second kappa shape index (κ2) is 4.79. The molecule has 84 valence electrons. The molecule has 0 heterocycles. The summed E-state index contributed by atoms with van der Waals surface area (Å²) in [7, 11) is 0. The van der Waals surface area contributed by atoms with Crippen molar-refractivity contribution < 1.29 is 4.79 Å². The van der Waals surface area contributed by atoms with Crippen molar-refractivity contribution in [2.45, 2.75) is 6.92 Å². The summed E-state index contributed by atoms with van der Waals surface area (Å²) in [5.74, 6) is 0.0766. The van der Waals surface area contributed by atoms with E-state index >= 15 is 0 Å². The van der Waals surface area contributed by atoms with Crippen LogP contribution < -0.4 is 0 Å². The molecule has 0 aliphatic carbocycles. The Labute approximate surface area is 101 Å². The Balaban J connectivity index is 2.38. The fraction of sp³-hybridized carbons (Fsp3) is 0.0625. The number of benzene rings is 2. The lowest BCUT2D eigenvalue weighted by molar-refractivity contribution is 0.101. The minimum Gasteiger partial charge on any atom is -0.295 e. The van der Waals surface area contributed by atoms with Gasteiger partial charge in [-0.15, -0.1) is 0 Å². The molecular weight excluding hydrogens is 208 g/mol. The van der Waals surface area contributed by atoms with Gasteiger partial charge in [0.1, 0.15) is 0 Å². The smallest absolute Gasteiger partial charge is 0.159 e. The van der Waals surface area contributed by atoms with Crippen LogP contribution in [0.4, 0.5) is 0 Å². The summed E-state index contributed by atoms with van der Waals surface area (Å²) in [6, 6.07) is 17.5. The lowest BCUT2D eigenvalue weighted by atomic mass is 9.97. The summed E-state index contributed by atoms with van der Waals surface area (Å²) >= 11 is 0. The van der Waals surface area contributed by atoms with Crippen LogP contribution in [-0.2, 0) is 0 Å². The first-order valence-electron chi connectivity index (χ1n) is 5.54. The topological polar surface area (TPSA) is 17.1 Å². The van der Waals surface area contributed by atoms with E-state index in [1.165, 1.54) is 0 Å². The molecule has 0 atom stereocenters. The molecule has 0 unspecified atom stereocenters. The fourth-order valence-electron chi connectivity index (χ4n) is 1.73. The third-order valence-corrected chi connectivity index (χ3v) is 2.74. The first kappa shape index (κ1) is 11.3. The van der Waals surface area contributed by atoms with Gasteiger partial charge in [-0.3, -0.25) is 4.79 Å². The van der Waals surface area contributed by atoms with Crippen LogP contribution in [0, 0.1) is 0 Å². The van der Waals surface area contributed by atoms with E-state index in [4.69, 9.17) is 0 Å². The summed E-state index contributed by atoms with van der Waals surface area (Å²) in [6.45, 7) is 5.66. The maximum Gasteiger partial charge on any atom is 0.159 e. The Kier molecular flexibility index (Phi) is 3.20. The van der Waals surface area contributed by atoms with E-state index in [2.05, 4.69) is 6.58 Å². The van der Waals surface area contributed by atoms with E-state index in [0.717, 1.165) is 22.3 Å². The third kappa shape index (κ3) is 2.51. The monoisotopic (exact) mass is 222 g/mol. The zero-order valence-electron chi connectivity index (χ0n) is 9.81. The van der Waals surface area contributed by atoms with Crippen molar-refractivity contribution in [3.8, 4) is 0 Å². The van der Waals surface area contributed by atoms with Gasteiger partial charge in [-0.2, -0.15) is 0 Å². The highest BCUT2D eigenvalue weighted by molar-refractivity contribution is 5.95. The highest BCUT2D eigenvalue weighted by atomic mass is 16.1. The first-order chi connectivity index (χ1) is 8.18. The second-order valence-electron chi connectivity index (χ2n) is 3.98. The van der Waals surface area contributed by atoms with Gasteiger partial charge >= 0.3 is 0 Å². The van der Waals surface area contributed by atoms with Crippen molar-refractivity contribution in [3.05, 3.63) is 77.9 Å². The lowest BCUT2D eigenvalue weighted by Crippen LogP contribution is -1.94. The van der Waals surface area contributed by atoms with Crippen LogP contribution in [0.3, 0.4) is 0 Å². The zero-order valence-corrected chi connectivity index (χ0v) is 9.81. The van der Waals surface area contributed by atoms with E-state index in [9.17, 15) is 4.79 Å². The third-order valence-electron chi connectivity index (χ3n) is 2.74. The average molecular weight is 222 g/mol. The van der Waals surface area contributed by atoms with E-state index in [0.29, 0.717) is 0 Å². The molecular formula is C16H14O. The van der Waals surface area contributed by atoms with Gasteiger partial charge in [0, 0.05) is 5.56 Å². The predicted molar refractivity (Wildman–Crippen MR) is 71.0 cm³/mol. The van der Waals surface area contributed by atoms with Gasteiger partial charge in [0.25, 0.3) is 0 Å². The highest BCUT2D eigenvalue weighted by Crippen LogP contribution is 2.22. The molecule has 1 heteroatoms. The maximum atomic E-state index is 11.3. The summed E-state index contributed by atoms with van der Waals surface area (Å²) in [6.07, 6.45) is 0. The number of hydrogen-bond acceptors (Lipinski definition) is 1. The van der Waals surface area contributed by atoms with Gasteiger partial charge in [0.05, 0.1) is 0 Å². The highest BCUT2D eigenvalue weighted by Gasteiger charge is 2.04. The molecule has 0 aliphatic heterocycles. The molecule has 0 aromatic heterocycles. The average Bonchev–Trinajstić information content (AvgIpc) is 2.39. The van der Waals surface area contributed by atoms with Crippen molar-refractivity contribution >= 4 is 11.4 Å². The molecule has 1 nitrogen and oxygen atoms in total. The Morgan fingerprint density at radius 2 is 1.47 bits per heavy atom. The SMILES string of the molecule is C=C(c1ccccc1)c1cccc(C(C)=O)c1. The van der Waals surface area contributed by atoms with Crippen LogP contribution in [0.2, 0.25) is 0 Å². The Morgan fingerprint density at radius 3 is 2.12 bits per heavy atom. The van der Waals surface area contributed by atoms with E-state index in [1.54, 1.807) is 6.92 Å². The normalized spacial score (nSPS) is 9.94. The van der Waals surface area contributed by atoms with Crippen LogP contribution >= 0.6 is 0 Å². The summed E-state index contributed by atoms with van der Waals surface area (Å²) in [4.78, 5) is 11.3. The van der Waals surface area contributed by atoms with Gasteiger partial charge in [-0.1, -0.05) is 55.1 Å². The van der Waals surface area contributed by atoms with Crippen LogP contribution in [0.15, 0.2) is 61.2 Å². The van der Waals surface area contributed by atoms with Crippen LogP contribution in [0.1, 0.15) is 28.4 Å². The predicted octanol–water partition coefficient (Wildman–Crippen LogP) is 3.95. The molecule has 17 heavy (non-hydrogen) atoms. The van der Waals surface area contributed by atoms with Gasteiger partial charge < -0.3 is 0 Å². The number of hydrogen-bond donors (Lipinski definition) is 0. The van der Waals surface area contributed by atoms with Crippen LogP contribution in [-0.4, -0.2) is 5.78 Å². The second-order valence-corrected chi connectivity index (χ2v) is 3.98. The zero-order chi connectivity index (χ0) is 12.3. The van der Waals surface area contributed by atoms with E-state index in [-0.39, 0.29) is 5.78 Å². The molecule has 0 saturated carbocycles. The summed E-state index contributed by atoms with van der Waals surface area (Å²) < 4.78 is 0. The molecule has 0 aliphatic rings. The molecule has 0 saturated heterocycles. The molecule has 0 bridgehead atoms. The standard InChI is InChI=1S/C16H14O/c1-12(14-7-4-3-5-8-14)15-9-6-10-16(11-15)13(2)17/h3-11H,1H2,2H3. The van der Waals surface area contributed by atoms with Gasteiger partial charge in [-0.25, -0.2) is 0 Å². The van der Waals surface area contributed by atoms with Gasteiger partial charge in [0.15, 0.2) is 5.78 Å². The van der Waals surface area contributed by atoms with E-state index in [1.807, 2.05) is 54.6 Å². The number of rotatable bonds is 3. The molecule has 2 aromatic rings. The van der Waals surface area contributed by atoms with Crippen molar-refractivity contribution in [2.75, 3.05) is 0 Å². The minimum absolute atomic E-state index is 0.0766. The van der Waals surface area contributed by atoms with Gasteiger partial charge in [-0.05, 0) is 29.7 Å². The van der Waals surface area contributed by atoms with Crippen molar-refractivity contribution in [3.63, 3.8) is 0 Å². The summed E-state index contributed by atoms with van der Waals surface area (Å²) in [5, 5.41) is 0. The molecule has 0 radical (unpaired) electrons. The number of carbonyl (C=O) groups is 1. The van der Waals surface area contributed by atoms with Crippen LogP contribution in [0.5, 0.6) is 0 Å². The quantitative estimate of drug-likeness (QED) is 0.718. The Morgan fingerprint density at radius 1 is 0.882 bits per heavy atom. The molecule has 0 spiro atoms. The van der Waals surface area contributed by atoms with Crippen molar-refractivity contribution in [2.24, 2.45) is 0 Å². The van der Waals surface area contributed by atoms with Crippen molar-refractivity contribution in [1.82, 2.24) is 0 Å². The molecule has 0 N–H and O–H groups in total. The minimum atomic E-state index is 0.0766. The molecule has 0 amide bonds. The molecule has 0 fully saturated rings. The fourth-order valence-corrected chi connectivity index (χ4v) is 1.73. The number of Topliss-reactive ketones (excluding diaryl/α,β-unsaturated/α-hetero) is 1. The van der Waals surface area contributed by atoms with E-state index < -0.39 is 0 Å². The largest absolute Gasteiger partial charge is 0.295 e. The lowest BCUT2D eigenvalue weighted by Gasteiger charge is -2.07.